The first-order valence-electron chi connectivity index (χ1n) is 8.64. The number of hydrogen-bond acceptors (Lipinski definition) is 4. The molecular formula is C21H17F4NO4. The first-order chi connectivity index (χ1) is 14.0. The Bertz CT molecular complexity index is 988. The van der Waals surface area contributed by atoms with E-state index in [0.29, 0.717) is 0 Å². The van der Waals surface area contributed by atoms with Crippen molar-refractivity contribution < 1.29 is 36.6 Å². The van der Waals surface area contributed by atoms with Crippen LogP contribution in [-0.4, -0.2) is 19.0 Å². The highest BCUT2D eigenvalue weighted by Crippen LogP contribution is 2.60. The molecule has 30 heavy (non-hydrogen) atoms. The van der Waals surface area contributed by atoms with E-state index in [4.69, 9.17) is 17.7 Å². The van der Waals surface area contributed by atoms with Gasteiger partial charge in [-0.3, -0.25) is 9.59 Å². The van der Waals surface area contributed by atoms with E-state index in [1.54, 1.807) is 13.8 Å². The van der Waals surface area contributed by atoms with E-state index in [1.165, 1.54) is 6.08 Å². The van der Waals surface area contributed by atoms with E-state index < -0.39 is 76.6 Å². The number of ether oxygens (including phenoxy) is 2. The fourth-order valence-electron chi connectivity index (χ4n) is 3.20. The second kappa shape index (κ2) is 8.58. The molecular weight excluding hydrogens is 406 g/mol. The number of methoxy groups -OCH3 is 1. The molecule has 2 unspecified atom stereocenters. The van der Waals surface area contributed by atoms with E-state index >= 15 is 0 Å². The number of allylic oxidation sites excluding steroid dienone is 1. The summed E-state index contributed by atoms with van der Waals surface area (Å²) in [6.45, 7) is 9.29. The summed E-state index contributed by atoms with van der Waals surface area (Å²) >= 11 is 0. The Hall–Kier alpha value is -3.33. The fraction of sp³-hybridized carbons (Fsp3) is 0.381. The molecule has 9 heteroatoms. The van der Waals surface area contributed by atoms with Crippen molar-refractivity contribution in [3.8, 4) is 12.3 Å². The van der Waals surface area contributed by atoms with Crippen molar-refractivity contribution in [2.24, 2.45) is 17.3 Å². The van der Waals surface area contributed by atoms with Crippen molar-refractivity contribution >= 4 is 11.9 Å². The van der Waals surface area contributed by atoms with Gasteiger partial charge in [0.15, 0.2) is 23.3 Å². The fourth-order valence-corrected chi connectivity index (χ4v) is 3.20. The topological polar surface area (TPSA) is 57.0 Å². The quantitative estimate of drug-likeness (QED) is 0.175. The summed E-state index contributed by atoms with van der Waals surface area (Å²) < 4.78 is 65.5. The van der Waals surface area contributed by atoms with Crippen molar-refractivity contribution in [3.05, 3.63) is 57.6 Å². The molecule has 158 valence electrons. The number of benzene rings is 1. The Morgan fingerprint density at radius 1 is 1.17 bits per heavy atom. The normalized spacial score (nSPS) is 19.4. The molecule has 0 heterocycles. The molecule has 5 nitrogen and oxygen atoms in total. The minimum atomic E-state index is -1.69. The maximum Gasteiger partial charge on any atom is 0.335 e. The lowest BCUT2D eigenvalue weighted by molar-refractivity contribution is -0.147. The summed E-state index contributed by atoms with van der Waals surface area (Å²) in [4.78, 5) is 26.9. The number of esters is 2. The van der Waals surface area contributed by atoms with Crippen LogP contribution in [0.5, 0.6) is 0 Å². The number of carbonyl (C=O) groups excluding carboxylic acids is 2. The molecule has 0 spiro atoms. The van der Waals surface area contributed by atoms with Crippen molar-refractivity contribution in [3.63, 3.8) is 0 Å². The third-order valence-corrected chi connectivity index (χ3v) is 5.10. The number of halogens is 4. The molecule has 0 aromatic heterocycles. The summed E-state index contributed by atoms with van der Waals surface area (Å²) in [5.41, 5.74) is -3.05. The summed E-state index contributed by atoms with van der Waals surface area (Å²) in [5, 5.41) is 0. The zero-order valence-electron chi connectivity index (χ0n) is 16.3. The lowest BCUT2D eigenvalue weighted by Crippen LogP contribution is -2.14. The maximum absolute atomic E-state index is 14.1. The average molecular weight is 423 g/mol. The van der Waals surface area contributed by atoms with E-state index in [2.05, 4.69) is 9.58 Å². The molecule has 1 saturated carbocycles. The molecule has 1 aliphatic carbocycles. The zero-order valence-corrected chi connectivity index (χ0v) is 16.3. The zero-order chi connectivity index (χ0) is 22.8. The number of carbonyl (C=O) groups is 2. The van der Waals surface area contributed by atoms with Crippen LogP contribution in [-0.2, 0) is 32.1 Å². The Kier molecular flexibility index (Phi) is 6.57. The van der Waals surface area contributed by atoms with Gasteiger partial charge in [-0.05, 0) is 11.3 Å². The highest BCUT2D eigenvalue weighted by molar-refractivity contribution is 5.91. The van der Waals surface area contributed by atoms with Crippen molar-refractivity contribution in [1.29, 1.82) is 0 Å². The Morgan fingerprint density at radius 2 is 1.70 bits per heavy atom. The second-order valence-corrected chi connectivity index (χ2v) is 7.18. The Labute approximate surface area is 170 Å². The largest absolute Gasteiger partial charge is 0.474 e. The van der Waals surface area contributed by atoms with Gasteiger partial charge in [-0.2, -0.15) is 0 Å². The van der Waals surface area contributed by atoms with Crippen molar-refractivity contribution in [2.45, 2.75) is 26.9 Å². The second-order valence-electron chi connectivity index (χ2n) is 7.18. The molecule has 0 radical (unpaired) electrons. The predicted molar refractivity (Wildman–Crippen MR) is 96.1 cm³/mol. The van der Waals surface area contributed by atoms with E-state index in [9.17, 15) is 27.2 Å². The van der Waals surface area contributed by atoms with Crippen LogP contribution in [0.1, 0.15) is 25.0 Å². The lowest BCUT2D eigenvalue weighted by atomic mass is 10.1. The summed E-state index contributed by atoms with van der Waals surface area (Å²) in [6.07, 6.45) is 5.55. The van der Waals surface area contributed by atoms with Gasteiger partial charge in [-0.15, -0.1) is 12.3 Å². The van der Waals surface area contributed by atoms with Gasteiger partial charge in [-0.25, -0.2) is 22.4 Å². The molecule has 1 aromatic carbocycles. The number of terminal acetylenes is 1. The van der Waals surface area contributed by atoms with Crippen LogP contribution in [0.15, 0.2) is 11.8 Å². The average Bonchev–Trinajstić information content (AvgIpc) is 3.26. The van der Waals surface area contributed by atoms with Gasteiger partial charge in [0.25, 0.3) is 5.70 Å². The smallest absolute Gasteiger partial charge is 0.335 e. The number of nitrogens with zero attached hydrogens (tertiary/aromatic N) is 1. The highest BCUT2D eigenvalue weighted by Gasteiger charge is 2.61. The van der Waals surface area contributed by atoms with Gasteiger partial charge in [0.2, 0.25) is 0 Å². The number of hydrogen-bond donors (Lipinski definition) is 0. The van der Waals surface area contributed by atoms with Crippen LogP contribution in [0.25, 0.3) is 4.85 Å². The molecule has 0 bridgehead atoms. The first kappa shape index (κ1) is 23.0. The predicted octanol–water partition coefficient (Wildman–Crippen LogP) is 3.71. The SMILES string of the molecule is [C-]#[N+]/C(=C\C1C(C(=O)OCc2c(F)c(F)c(CC#C)c(F)c2F)C1(C)C)C(=O)OC. The maximum atomic E-state index is 14.1. The Morgan fingerprint density at radius 3 is 2.17 bits per heavy atom. The molecule has 1 fully saturated rings. The van der Waals surface area contributed by atoms with Crippen LogP contribution >= 0.6 is 0 Å². The minimum Gasteiger partial charge on any atom is -0.474 e. The van der Waals surface area contributed by atoms with E-state index in [-0.39, 0.29) is 5.70 Å². The first-order valence-corrected chi connectivity index (χ1v) is 8.64. The van der Waals surface area contributed by atoms with Crippen LogP contribution in [0, 0.1) is 59.4 Å². The third kappa shape index (κ3) is 4.02. The number of rotatable bonds is 6. The molecule has 2 rings (SSSR count). The van der Waals surface area contributed by atoms with Gasteiger partial charge in [-0.1, -0.05) is 19.9 Å². The Balaban J connectivity index is 2.21. The molecule has 1 aliphatic rings. The van der Waals surface area contributed by atoms with Gasteiger partial charge in [0.1, 0.15) is 6.61 Å². The van der Waals surface area contributed by atoms with Crippen LogP contribution in [0.3, 0.4) is 0 Å². The monoisotopic (exact) mass is 423 g/mol. The van der Waals surface area contributed by atoms with Gasteiger partial charge in [0.05, 0.1) is 25.2 Å². The van der Waals surface area contributed by atoms with Crippen molar-refractivity contribution in [2.75, 3.05) is 7.11 Å². The molecule has 2 atom stereocenters. The molecule has 1 aromatic rings. The van der Waals surface area contributed by atoms with E-state index in [0.717, 1.165) is 7.11 Å². The molecule has 0 aliphatic heterocycles. The summed E-state index contributed by atoms with van der Waals surface area (Å²) in [6, 6.07) is 0. The lowest BCUT2D eigenvalue weighted by Gasteiger charge is -2.11. The van der Waals surface area contributed by atoms with Crippen molar-refractivity contribution in [1.82, 2.24) is 0 Å². The van der Waals surface area contributed by atoms with Gasteiger partial charge < -0.3 is 9.47 Å². The van der Waals surface area contributed by atoms with Crippen LogP contribution in [0.4, 0.5) is 17.6 Å². The minimum absolute atomic E-state index is 0.323. The summed E-state index contributed by atoms with van der Waals surface area (Å²) in [7, 11) is 1.10. The van der Waals surface area contributed by atoms with Crippen LogP contribution in [0.2, 0.25) is 0 Å². The van der Waals surface area contributed by atoms with Gasteiger partial charge >= 0.3 is 11.9 Å². The van der Waals surface area contributed by atoms with Gasteiger partial charge in [0, 0.05) is 12.0 Å². The van der Waals surface area contributed by atoms with Crippen LogP contribution < -0.4 is 0 Å². The molecule has 0 saturated heterocycles. The third-order valence-electron chi connectivity index (χ3n) is 5.10. The highest BCUT2D eigenvalue weighted by atomic mass is 19.2. The molecule has 0 amide bonds. The van der Waals surface area contributed by atoms with E-state index in [1.807, 2.05) is 5.92 Å². The summed E-state index contributed by atoms with van der Waals surface area (Å²) in [5.74, 6) is -7.97. The standard InChI is InChI=1S/C21H17F4NO4/c1-6-7-10-15(22)17(24)11(18(25)16(10)23)9-30-20(28)14-12(21(14,2)3)8-13(26-4)19(27)29-5/h1,8,12,14H,7,9H2,2-3,5H3/b13-8-. The molecule has 0 N–H and O–H groups in total.